The molecule has 0 saturated carbocycles. The lowest BCUT2D eigenvalue weighted by Crippen LogP contribution is -2.48. The van der Waals surface area contributed by atoms with Gasteiger partial charge in [0.05, 0.1) is 18.7 Å². The molecule has 0 fully saturated rings. The topological polar surface area (TPSA) is 107 Å². The number of likely N-dealkylation sites (N-methyl/N-ethyl adjacent to an activating group) is 2. The van der Waals surface area contributed by atoms with Crippen LogP contribution in [0.15, 0.2) is 34.9 Å². The highest BCUT2D eigenvalue weighted by atomic mass is 35.5. The predicted molar refractivity (Wildman–Crippen MR) is 156 cm³/mol. The van der Waals surface area contributed by atoms with Gasteiger partial charge in [-0.15, -0.1) is 24.8 Å². The standard InChI is InChI=1S/C27H33F2N7O3.2ClH/c1-5-30-9-10-31-25(37)15-35(24-12-20(23(29)11-17(24)2)27-32-18(3)39-33-27)16-26(38)34(4)36-13-19-7-6-8-22(28)21(19)14-36;;/h6-8,11-12,30H,5,9-10,13-16H2,1-4H3,(H,31,37);2*1H. The first-order chi connectivity index (χ1) is 18.7. The summed E-state index contributed by atoms with van der Waals surface area (Å²) in [6.07, 6.45) is 0. The summed E-state index contributed by atoms with van der Waals surface area (Å²) in [7, 11) is 1.62. The molecule has 2 amide bonds. The van der Waals surface area contributed by atoms with E-state index >= 15 is 0 Å². The van der Waals surface area contributed by atoms with Gasteiger partial charge in [0.15, 0.2) is 0 Å². The normalized spacial score (nSPS) is 12.2. The molecule has 4 rings (SSSR count). The number of fused-ring (bicyclic) bond motifs is 1. The minimum atomic E-state index is -0.549. The summed E-state index contributed by atoms with van der Waals surface area (Å²) in [5, 5.41) is 13.0. The van der Waals surface area contributed by atoms with E-state index < -0.39 is 5.82 Å². The highest BCUT2D eigenvalue weighted by Gasteiger charge is 2.29. The van der Waals surface area contributed by atoms with Crippen molar-refractivity contribution in [1.82, 2.24) is 30.8 Å². The van der Waals surface area contributed by atoms with Crippen LogP contribution in [0.5, 0.6) is 0 Å². The summed E-state index contributed by atoms with van der Waals surface area (Å²) in [5.41, 5.74) is 2.48. The summed E-state index contributed by atoms with van der Waals surface area (Å²) >= 11 is 0. The first kappa shape index (κ1) is 33.9. The van der Waals surface area contributed by atoms with Gasteiger partial charge < -0.3 is 20.1 Å². The second-order valence-corrected chi connectivity index (χ2v) is 9.43. The van der Waals surface area contributed by atoms with Gasteiger partial charge in [0.25, 0.3) is 5.91 Å². The number of hydrogen-bond acceptors (Lipinski definition) is 8. The quantitative estimate of drug-likeness (QED) is 0.317. The van der Waals surface area contributed by atoms with Crippen molar-refractivity contribution < 1.29 is 22.9 Å². The lowest BCUT2D eigenvalue weighted by molar-refractivity contribution is -0.145. The molecule has 0 spiro atoms. The summed E-state index contributed by atoms with van der Waals surface area (Å²) in [4.78, 5) is 32.0. The summed E-state index contributed by atoms with van der Waals surface area (Å²) in [6.45, 7) is 7.40. The van der Waals surface area contributed by atoms with Crippen molar-refractivity contribution in [3.05, 3.63) is 64.5 Å². The number of rotatable bonds is 11. The molecule has 41 heavy (non-hydrogen) atoms. The van der Waals surface area contributed by atoms with E-state index in [2.05, 4.69) is 20.8 Å². The fraction of sp³-hybridized carbons (Fsp3) is 0.407. The molecule has 0 unspecified atom stereocenters. The molecule has 14 heteroatoms. The van der Waals surface area contributed by atoms with Gasteiger partial charge in [-0.2, -0.15) is 4.98 Å². The van der Waals surface area contributed by atoms with E-state index in [4.69, 9.17) is 4.52 Å². The van der Waals surface area contributed by atoms with E-state index in [0.717, 1.165) is 12.1 Å². The molecule has 10 nitrogen and oxygen atoms in total. The van der Waals surface area contributed by atoms with Crippen LogP contribution in [0.3, 0.4) is 0 Å². The fourth-order valence-corrected chi connectivity index (χ4v) is 4.50. The van der Waals surface area contributed by atoms with Crippen molar-refractivity contribution in [3.8, 4) is 11.4 Å². The van der Waals surface area contributed by atoms with Crippen LogP contribution in [0.1, 0.15) is 29.5 Å². The van der Waals surface area contributed by atoms with Gasteiger partial charge in [0, 0.05) is 51.4 Å². The van der Waals surface area contributed by atoms with E-state index in [9.17, 15) is 18.4 Å². The van der Waals surface area contributed by atoms with Gasteiger partial charge >= 0.3 is 0 Å². The highest BCUT2D eigenvalue weighted by Crippen LogP contribution is 2.30. The fourth-order valence-electron chi connectivity index (χ4n) is 4.50. The Morgan fingerprint density at radius 3 is 2.49 bits per heavy atom. The van der Waals surface area contributed by atoms with Gasteiger partial charge in [-0.25, -0.2) is 13.8 Å². The van der Waals surface area contributed by atoms with Gasteiger partial charge in [-0.05, 0) is 42.8 Å². The van der Waals surface area contributed by atoms with Gasteiger partial charge in [-0.1, -0.05) is 24.2 Å². The number of nitrogens with one attached hydrogen (secondary N) is 2. The molecule has 224 valence electrons. The SMILES string of the molecule is CCNCCNC(=O)CN(CC(=O)N(C)N1Cc2cccc(F)c2C1)c1cc(-c2noc(C)n2)c(F)cc1C.Cl.Cl. The first-order valence-electron chi connectivity index (χ1n) is 12.8. The number of carbonyl (C=O) groups is 2. The van der Waals surface area contributed by atoms with Crippen LogP contribution in [0.4, 0.5) is 14.5 Å². The second kappa shape index (κ2) is 15.1. The number of amides is 2. The lowest BCUT2D eigenvalue weighted by Gasteiger charge is -2.32. The van der Waals surface area contributed by atoms with Crippen molar-refractivity contribution in [2.45, 2.75) is 33.9 Å². The van der Waals surface area contributed by atoms with Crippen molar-refractivity contribution in [2.75, 3.05) is 44.7 Å². The van der Waals surface area contributed by atoms with Crippen LogP contribution in [0.2, 0.25) is 0 Å². The number of nitrogens with zero attached hydrogens (tertiary/aromatic N) is 5. The minimum Gasteiger partial charge on any atom is -0.353 e. The number of benzene rings is 2. The molecule has 0 saturated heterocycles. The van der Waals surface area contributed by atoms with Crippen LogP contribution in [0, 0.1) is 25.5 Å². The second-order valence-electron chi connectivity index (χ2n) is 9.43. The summed E-state index contributed by atoms with van der Waals surface area (Å²) in [6, 6.07) is 7.73. The van der Waals surface area contributed by atoms with E-state index in [-0.39, 0.29) is 79.4 Å². The maximum Gasteiger partial charge on any atom is 0.256 e. The molecule has 0 aliphatic carbocycles. The molecule has 3 aromatic rings. The van der Waals surface area contributed by atoms with Crippen molar-refractivity contribution >= 4 is 42.3 Å². The number of hydrazine groups is 1. The molecule has 1 aliphatic heterocycles. The van der Waals surface area contributed by atoms with Crippen molar-refractivity contribution in [2.24, 2.45) is 0 Å². The van der Waals surface area contributed by atoms with Crippen LogP contribution in [0.25, 0.3) is 11.4 Å². The maximum absolute atomic E-state index is 14.9. The monoisotopic (exact) mass is 613 g/mol. The third-order valence-corrected chi connectivity index (χ3v) is 6.62. The molecular formula is C27H35Cl2F2N7O3. The Hall–Kier alpha value is -3.32. The Balaban J connectivity index is 0.00000294. The molecule has 0 atom stereocenters. The third-order valence-electron chi connectivity index (χ3n) is 6.62. The number of aryl methyl sites for hydroxylation is 2. The summed E-state index contributed by atoms with van der Waals surface area (Å²) < 4.78 is 34.2. The van der Waals surface area contributed by atoms with Crippen LogP contribution in [-0.4, -0.2) is 71.7 Å². The molecule has 0 radical (unpaired) electrons. The van der Waals surface area contributed by atoms with Crippen molar-refractivity contribution in [1.29, 1.82) is 0 Å². The smallest absolute Gasteiger partial charge is 0.256 e. The average molecular weight is 615 g/mol. The number of anilines is 1. The molecule has 2 aromatic carbocycles. The van der Waals surface area contributed by atoms with E-state index in [1.807, 2.05) is 13.0 Å². The molecule has 2 N–H and O–H groups in total. The molecule has 0 bridgehead atoms. The first-order valence-corrected chi connectivity index (χ1v) is 12.8. The van der Waals surface area contributed by atoms with Crippen LogP contribution in [-0.2, 0) is 22.7 Å². The largest absolute Gasteiger partial charge is 0.353 e. The zero-order chi connectivity index (χ0) is 28.1. The Bertz CT molecular complexity index is 1360. The van der Waals surface area contributed by atoms with Crippen LogP contribution >= 0.6 is 24.8 Å². The zero-order valence-electron chi connectivity index (χ0n) is 23.4. The van der Waals surface area contributed by atoms with E-state index in [1.54, 1.807) is 36.9 Å². The predicted octanol–water partition coefficient (Wildman–Crippen LogP) is 3.40. The zero-order valence-corrected chi connectivity index (χ0v) is 25.0. The summed E-state index contributed by atoms with van der Waals surface area (Å²) in [5.74, 6) is -1.11. The highest BCUT2D eigenvalue weighted by molar-refractivity contribution is 5.87. The van der Waals surface area contributed by atoms with Gasteiger partial charge in [0.1, 0.15) is 11.6 Å². The number of halogens is 4. The van der Waals surface area contributed by atoms with Gasteiger partial charge in [0.2, 0.25) is 17.6 Å². The Morgan fingerprint density at radius 2 is 1.83 bits per heavy atom. The van der Waals surface area contributed by atoms with E-state index in [0.29, 0.717) is 36.4 Å². The minimum absolute atomic E-state index is 0. The number of aromatic nitrogens is 2. The third kappa shape index (κ3) is 8.13. The van der Waals surface area contributed by atoms with Gasteiger partial charge in [-0.3, -0.25) is 14.6 Å². The lowest BCUT2D eigenvalue weighted by atomic mass is 10.1. The van der Waals surface area contributed by atoms with E-state index in [1.165, 1.54) is 23.2 Å². The number of hydrogen-bond donors (Lipinski definition) is 2. The molecular weight excluding hydrogens is 579 g/mol. The number of carbonyl (C=O) groups excluding carboxylic acids is 2. The van der Waals surface area contributed by atoms with Crippen molar-refractivity contribution in [3.63, 3.8) is 0 Å². The van der Waals surface area contributed by atoms with Crippen LogP contribution < -0.4 is 15.5 Å². The molecule has 1 aliphatic rings. The Labute approximate surface area is 250 Å². The Kier molecular flexibility index (Phi) is 12.4. The molecule has 2 heterocycles. The molecule has 1 aromatic heterocycles. The maximum atomic E-state index is 14.9. The Morgan fingerprint density at radius 1 is 1.07 bits per heavy atom. The average Bonchev–Trinajstić information content (AvgIpc) is 3.53.